The molecule has 50 valence electrons. The monoisotopic (exact) mass is 136 g/mol. The summed E-state index contributed by atoms with van der Waals surface area (Å²) in [7, 11) is 0. The number of rotatable bonds is 0. The van der Waals surface area contributed by atoms with Crippen LogP contribution in [0.2, 0.25) is 0 Å². The molecule has 0 bridgehead atoms. The molecule has 5 heteroatoms. The molecule has 1 aromatic heterocycles. The van der Waals surface area contributed by atoms with Crippen molar-refractivity contribution in [2.24, 2.45) is 4.99 Å². The van der Waals surface area contributed by atoms with E-state index in [0.717, 1.165) is 5.69 Å². The maximum absolute atomic E-state index is 10.7. The lowest BCUT2D eigenvalue weighted by Crippen LogP contribution is -2.14. The molecule has 1 aliphatic rings. The highest BCUT2D eigenvalue weighted by atomic mass is 16.1. The van der Waals surface area contributed by atoms with E-state index in [0.29, 0.717) is 6.42 Å². The Balaban J connectivity index is 2.52. The van der Waals surface area contributed by atoms with E-state index in [1.807, 2.05) is 0 Å². The fourth-order valence-electron chi connectivity index (χ4n) is 0.808. The Labute approximate surface area is 56.4 Å². The van der Waals surface area contributed by atoms with E-state index in [9.17, 15) is 4.79 Å². The maximum Gasteiger partial charge on any atom is 0.253 e. The zero-order valence-corrected chi connectivity index (χ0v) is 5.06. The highest BCUT2D eigenvalue weighted by Crippen LogP contribution is 2.00. The van der Waals surface area contributed by atoms with Crippen molar-refractivity contribution in [1.82, 2.24) is 15.0 Å². The van der Waals surface area contributed by atoms with Crippen LogP contribution < -0.4 is 0 Å². The van der Waals surface area contributed by atoms with Gasteiger partial charge in [0, 0.05) is 0 Å². The van der Waals surface area contributed by atoms with E-state index in [2.05, 4.69) is 15.3 Å². The van der Waals surface area contributed by atoms with Gasteiger partial charge < -0.3 is 0 Å². The summed E-state index contributed by atoms with van der Waals surface area (Å²) in [6.45, 7) is 0. The number of aliphatic imine (C=N–C) groups is 1. The highest BCUT2D eigenvalue weighted by Gasteiger charge is 2.11. The number of carbonyl (C=O) groups excluding carboxylic acids is 1. The predicted octanol–water partition coefficient (Wildman–Crippen LogP) is -0.763. The molecule has 1 amide bonds. The third-order valence-corrected chi connectivity index (χ3v) is 1.29. The third-order valence-electron chi connectivity index (χ3n) is 1.29. The van der Waals surface area contributed by atoms with Crippen molar-refractivity contribution in [3.63, 3.8) is 0 Å². The van der Waals surface area contributed by atoms with Crippen molar-refractivity contribution >= 4 is 12.2 Å². The summed E-state index contributed by atoms with van der Waals surface area (Å²) < 4.78 is 1.49. The topological polar surface area (TPSA) is 60.1 Å². The number of amides is 1. The molecule has 0 saturated carbocycles. The van der Waals surface area contributed by atoms with Crippen LogP contribution in [0.4, 0.5) is 0 Å². The van der Waals surface area contributed by atoms with E-state index in [1.54, 1.807) is 6.20 Å². The van der Waals surface area contributed by atoms with Gasteiger partial charge in [-0.05, 0) is 0 Å². The van der Waals surface area contributed by atoms with Crippen LogP contribution in [0.25, 0.3) is 0 Å². The molecule has 0 spiro atoms. The zero-order chi connectivity index (χ0) is 6.97. The molecule has 0 unspecified atom stereocenters. The molecule has 0 radical (unpaired) electrons. The van der Waals surface area contributed by atoms with Gasteiger partial charge in [-0.1, -0.05) is 5.21 Å². The molecular formula is C5H4N4O. The Morgan fingerprint density at radius 1 is 1.60 bits per heavy atom. The molecular weight excluding hydrogens is 132 g/mol. The summed E-state index contributed by atoms with van der Waals surface area (Å²) in [5.74, 6) is -0.144. The number of fused-ring (bicyclic) bond motifs is 1. The molecule has 0 atom stereocenters. The Morgan fingerprint density at radius 2 is 2.50 bits per heavy atom. The Bertz CT molecular complexity index is 300. The zero-order valence-electron chi connectivity index (χ0n) is 5.06. The second-order valence-corrected chi connectivity index (χ2v) is 1.99. The van der Waals surface area contributed by atoms with E-state index in [1.165, 1.54) is 11.0 Å². The number of carbonyl (C=O) groups is 1. The number of aromatic nitrogens is 3. The van der Waals surface area contributed by atoms with Gasteiger partial charge in [0.1, 0.15) is 6.34 Å². The van der Waals surface area contributed by atoms with Crippen LogP contribution >= 0.6 is 0 Å². The average molecular weight is 136 g/mol. The molecule has 5 nitrogen and oxygen atoms in total. The fourth-order valence-corrected chi connectivity index (χ4v) is 0.808. The predicted molar refractivity (Wildman–Crippen MR) is 32.6 cm³/mol. The van der Waals surface area contributed by atoms with Gasteiger partial charge >= 0.3 is 0 Å². The summed E-state index contributed by atoms with van der Waals surface area (Å²) in [6, 6.07) is 0. The summed E-state index contributed by atoms with van der Waals surface area (Å²) >= 11 is 0. The van der Waals surface area contributed by atoms with E-state index >= 15 is 0 Å². The molecule has 1 aliphatic heterocycles. The normalized spacial score (nSPS) is 15.4. The molecule has 2 heterocycles. The lowest BCUT2D eigenvalue weighted by Gasteiger charge is -2.01. The van der Waals surface area contributed by atoms with Gasteiger partial charge in [-0.25, -0.2) is 9.67 Å². The van der Waals surface area contributed by atoms with Gasteiger partial charge in [-0.15, -0.1) is 5.10 Å². The SMILES string of the molecule is O=C1Cc2cnnn2C=N1. The second-order valence-electron chi connectivity index (χ2n) is 1.99. The lowest BCUT2D eigenvalue weighted by molar-refractivity contribution is -0.117. The van der Waals surface area contributed by atoms with Crippen molar-refractivity contribution in [2.45, 2.75) is 6.42 Å². The third kappa shape index (κ3) is 0.637. The first-order valence-corrected chi connectivity index (χ1v) is 2.82. The van der Waals surface area contributed by atoms with Crippen LogP contribution in [-0.4, -0.2) is 27.2 Å². The van der Waals surface area contributed by atoms with Crippen LogP contribution in [0.3, 0.4) is 0 Å². The van der Waals surface area contributed by atoms with E-state index in [4.69, 9.17) is 0 Å². The second kappa shape index (κ2) is 1.73. The highest BCUT2D eigenvalue weighted by molar-refractivity contribution is 5.89. The van der Waals surface area contributed by atoms with Gasteiger partial charge in [0.05, 0.1) is 18.3 Å². The minimum Gasteiger partial charge on any atom is -0.272 e. The molecule has 2 rings (SSSR count). The Morgan fingerprint density at radius 3 is 3.40 bits per heavy atom. The maximum atomic E-state index is 10.7. The first kappa shape index (κ1) is 5.28. The van der Waals surface area contributed by atoms with Crippen molar-refractivity contribution in [2.75, 3.05) is 0 Å². The fraction of sp³-hybridized carbons (Fsp3) is 0.200. The van der Waals surface area contributed by atoms with Gasteiger partial charge in [0.2, 0.25) is 0 Å². The molecule has 0 aromatic carbocycles. The summed E-state index contributed by atoms with van der Waals surface area (Å²) in [5.41, 5.74) is 0.792. The van der Waals surface area contributed by atoms with Crippen LogP contribution in [0.5, 0.6) is 0 Å². The van der Waals surface area contributed by atoms with Crippen molar-refractivity contribution in [1.29, 1.82) is 0 Å². The minimum atomic E-state index is -0.144. The van der Waals surface area contributed by atoms with Crippen LogP contribution in [-0.2, 0) is 11.2 Å². The standard InChI is InChI=1S/C5H4N4O/c10-5-1-4-2-7-8-9(4)3-6-5/h2-3H,1H2. The summed E-state index contributed by atoms with van der Waals surface area (Å²) in [6.07, 6.45) is 3.24. The van der Waals surface area contributed by atoms with Crippen LogP contribution in [0.1, 0.15) is 5.69 Å². The smallest absolute Gasteiger partial charge is 0.253 e. The first-order chi connectivity index (χ1) is 4.86. The largest absolute Gasteiger partial charge is 0.272 e. The number of hydrogen-bond donors (Lipinski definition) is 0. The molecule has 0 fully saturated rings. The number of nitrogens with zero attached hydrogens (tertiary/aromatic N) is 4. The molecule has 10 heavy (non-hydrogen) atoms. The lowest BCUT2D eigenvalue weighted by atomic mass is 10.3. The quantitative estimate of drug-likeness (QED) is 0.471. The van der Waals surface area contributed by atoms with Gasteiger partial charge in [-0.3, -0.25) is 4.79 Å². The van der Waals surface area contributed by atoms with E-state index < -0.39 is 0 Å². The van der Waals surface area contributed by atoms with Crippen LogP contribution in [0.15, 0.2) is 11.2 Å². The number of hydrogen-bond acceptors (Lipinski definition) is 3. The van der Waals surface area contributed by atoms with E-state index in [-0.39, 0.29) is 5.91 Å². The Hall–Kier alpha value is -1.52. The molecule has 1 aromatic rings. The molecule has 0 saturated heterocycles. The average Bonchev–Trinajstić information content (AvgIpc) is 2.33. The van der Waals surface area contributed by atoms with Crippen molar-refractivity contribution in [3.8, 4) is 0 Å². The van der Waals surface area contributed by atoms with Gasteiger partial charge in [0.25, 0.3) is 5.91 Å². The van der Waals surface area contributed by atoms with Crippen molar-refractivity contribution in [3.05, 3.63) is 11.9 Å². The minimum absolute atomic E-state index is 0.144. The summed E-state index contributed by atoms with van der Waals surface area (Å²) in [5, 5.41) is 7.26. The van der Waals surface area contributed by atoms with Crippen LogP contribution in [0, 0.1) is 0 Å². The molecule has 0 aliphatic carbocycles. The first-order valence-electron chi connectivity index (χ1n) is 2.82. The molecule has 0 N–H and O–H groups in total. The van der Waals surface area contributed by atoms with Crippen molar-refractivity contribution < 1.29 is 4.79 Å². The van der Waals surface area contributed by atoms with Gasteiger partial charge in [0.15, 0.2) is 0 Å². The summed E-state index contributed by atoms with van der Waals surface area (Å²) in [4.78, 5) is 14.2. The Kier molecular flexibility index (Phi) is 0.913. The van der Waals surface area contributed by atoms with Gasteiger partial charge in [-0.2, -0.15) is 0 Å².